The summed E-state index contributed by atoms with van der Waals surface area (Å²) in [6.07, 6.45) is 5.36. The van der Waals surface area contributed by atoms with E-state index in [-0.39, 0.29) is 11.7 Å². The van der Waals surface area contributed by atoms with E-state index in [9.17, 15) is 4.79 Å². The minimum absolute atomic E-state index is 0.00605. The molecule has 1 aromatic carbocycles. The number of imidazole rings is 1. The van der Waals surface area contributed by atoms with E-state index in [0.717, 1.165) is 47.1 Å². The van der Waals surface area contributed by atoms with Crippen LogP contribution in [0.25, 0.3) is 27.6 Å². The summed E-state index contributed by atoms with van der Waals surface area (Å²) >= 11 is 0. The predicted octanol–water partition coefficient (Wildman–Crippen LogP) is 3.23. The highest BCUT2D eigenvalue weighted by molar-refractivity contribution is 6.02. The van der Waals surface area contributed by atoms with E-state index in [1.165, 1.54) is 0 Å². The van der Waals surface area contributed by atoms with Gasteiger partial charge in [0.2, 0.25) is 0 Å². The van der Waals surface area contributed by atoms with Gasteiger partial charge in [-0.25, -0.2) is 4.79 Å². The standard InChI is InChI=1S/C22H22N4O3/c1-28-13-15-8-9-16(11-23-15)25-20-12-24-19-7-3-2-6-18(19)21(20)26(22(25)27)17-5-4-10-29-14-17/h2-3,6-9,11-12,17H,4-5,10,13-14H2,1H3. The van der Waals surface area contributed by atoms with Crippen LogP contribution < -0.4 is 5.69 Å². The molecule has 0 N–H and O–H groups in total. The van der Waals surface area contributed by atoms with Crippen molar-refractivity contribution in [3.8, 4) is 5.69 Å². The van der Waals surface area contributed by atoms with Gasteiger partial charge in [-0.1, -0.05) is 18.2 Å². The predicted molar refractivity (Wildman–Crippen MR) is 110 cm³/mol. The van der Waals surface area contributed by atoms with Crippen LogP contribution in [-0.2, 0) is 16.1 Å². The number of hydrogen-bond acceptors (Lipinski definition) is 5. The van der Waals surface area contributed by atoms with Crippen LogP contribution in [0.4, 0.5) is 0 Å². The van der Waals surface area contributed by atoms with Crippen molar-refractivity contribution in [3.63, 3.8) is 0 Å². The molecule has 0 spiro atoms. The van der Waals surface area contributed by atoms with Crippen LogP contribution in [0.3, 0.4) is 0 Å². The molecule has 1 atom stereocenters. The number of hydrogen-bond donors (Lipinski definition) is 0. The van der Waals surface area contributed by atoms with Gasteiger partial charge in [-0.05, 0) is 31.0 Å². The quantitative estimate of drug-likeness (QED) is 0.535. The minimum atomic E-state index is -0.0880. The summed E-state index contributed by atoms with van der Waals surface area (Å²) in [4.78, 5) is 22.7. The lowest BCUT2D eigenvalue weighted by atomic mass is 10.1. The van der Waals surface area contributed by atoms with Gasteiger partial charge >= 0.3 is 5.69 Å². The van der Waals surface area contributed by atoms with Gasteiger partial charge in [-0.15, -0.1) is 0 Å². The van der Waals surface area contributed by atoms with Crippen molar-refractivity contribution < 1.29 is 9.47 Å². The summed E-state index contributed by atoms with van der Waals surface area (Å²) in [6.45, 7) is 1.72. The molecule has 7 nitrogen and oxygen atoms in total. The van der Waals surface area contributed by atoms with Crippen LogP contribution in [-0.4, -0.2) is 39.4 Å². The zero-order valence-electron chi connectivity index (χ0n) is 16.2. The van der Waals surface area contributed by atoms with Crippen LogP contribution in [0.1, 0.15) is 24.6 Å². The van der Waals surface area contributed by atoms with Gasteiger partial charge in [0.15, 0.2) is 0 Å². The third-order valence-corrected chi connectivity index (χ3v) is 5.47. The van der Waals surface area contributed by atoms with Gasteiger partial charge in [-0.3, -0.25) is 19.1 Å². The average molecular weight is 390 g/mol. The molecule has 1 fully saturated rings. The normalized spacial score (nSPS) is 17.2. The smallest absolute Gasteiger partial charge is 0.334 e. The Morgan fingerprint density at radius 3 is 2.83 bits per heavy atom. The second kappa shape index (κ2) is 7.42. The lowest BCUT2D eigenvalue weighted by Gasteiger charge is -2.23. The first-order valence-corrected chi connectivity index (χ1v) is 9.80. The first-order chi connectivity index (χ1) is 14.3. The number of ether oxygens (including phenoxy) is 2. The summed E-state index contributed by atoms with van der Waals surface area (Å²) in [6, 6.07) is 11.7. The SMILES string of the molecule is COCc1ccc(-n2c(=O)n(C3CCCOC3)c3c4ccccc4ncc32)cn1. The lowest BCUT2D eigenvalue weighted by Crippen LogP contribution is -2.31. The number of para-hydroxylation sites is 1. The number of benzene rings is 1. The Morgan fingerprint density at radius 2 is 2.07 bits per heavy atom. The molecule has 0 saturated carbocycles. The molecule has 1 aliphatic rings. The number of fused-ring (bicyclic) bond motifs is 3. The van der Waals surface area contributed by atoms with Crippen molar-refractivity contribution in [2.75, 3.05) is 20.3 Å². The molecule has 4 heterocycles. The molecule has 29 heavy (non-hydrogen) atoms. The maximum Gasteiger partial charge on any atom is 0.334 e. The highest BCUT2D eigenvalue weighted by Gasteiger charge is 2.25. The van der Waals surface area contributed by atoms with Gasteiger partial charge < -0.3 is 9.47 Å². The molecule has 1 aliphatic heterocycles. The molecule has 7 heteroatoms. The van der Waals surface area contributed by atoms with Crippen LogP contribution in [0.5, 0.6) is 0 Å². The maximum atomic E-state index is 13.6. The summed E-state index contributed by atoms with van der Waals surface area (Å²) < 4.78 is 14.4. The van der Waals surface area contributed by atoms with Crippen molar-refractivity contribution >= 4 is 21.9 Å². The summed E-state index contributed by atoms with van der Waals surface area (Å²) in [7, 11) is 1.64. The van der Waals surface area contributed by atoms with Gasteiger partial charge in [0, 0.05) is 19.1 Å². The molecule has 4 aromatic rings. The molecule has 1 saturated heterocycles. The number of rotatable bonds is 4. The third-order valence-electron chi connectivity index (χ3n) is 5.47. The van der Waals surface area contributed by atoms with E-state index in [4.69, 9.17) is 9.47 Å². The minimum Gasteiger partial charge on any atom is -0.379 e. The Morgan fingerprint density at radius 1 is 1.17 bits per heavy atom. The first kappa shape index (κ1) is 18.0. The van der Waals surface area contributed by atoms with Crippen molar-refractivity contribution in [2.24, 2.45) is 0 Å². The summed E-state index contributed by atoms with van der Waals surface area (Å²) in [5.41, 5.74) is 3.99. The number of pyridine rings is 2. The van der Waals surface area contributed by atoms with Gasteiger partial charge in [0.05, 0.1) is 59.6 Å². The fourth-order valence-corrected chi connectivity index (χ4v) is 4.14. The molecule has 0 radical (unpaired) electrons. The highest BCUT2D eigenvalue weighted by Crippen LogP contribution is 2.29. The molecule has 148 valence electrons. The van der Waals surface area contributed by atoms with Crippen molar-refractivity contribution in [1.82, 2.24) is 19.1 Å². The van der Waals surface area contributed by atoms with Crippen LogP contribution >= 0.6 is 0 Å². The maximum absolute atomic E-state index is 13.6. The molecule has 1 unspecified atom stereocenters. The fourth-order valence-electron chi connectivity index (χ4n) is 4.14. The average Bonchev–Trinajstić information content (AvgIpc) is 3.07. The summed E-state index contributed by atoms with van der Waals surface area (Å²) in [5, 5.41) is 0.968. The highest BCUT2D eigenvalue weighted by atomic mass is 16.5. The zero-order chi connectivity index (χ0) is 19.8. The van der Waals surface area contributed by atoms with Crippen molar-refractivity contribution in [2.45, 2.75) is 25.5 Å². The zero-order valence-corrected chi connectivity index (χ0v) is 16.2. The Labute approximate surface area is 167 Å². The number of aromatic nitrogens is 4. The lowest BCUT2D eigenvalue weighted by molar-refractivity contribution is 0.0594. The van der Waals surface area contributed by atoms with Crippen LogP contribution in [0, 0.1) is 0 Å². The van der Waals surface area contributed by atoms with E-state index in [1.807, 2.05) is 41.0 Å². The van der Waals surface area contributed by atoms with Crippen molar-refractivity contribution in [1.29, 1.82) is 0 Å². The Hall–Kier alpha value is -3.03. The topological polar surface area (TPSA) is 71.2 Å². The third kappa shape index (κ3) is 3.03. The van der Waals surface area contributed by atoms with Gasteiger partial charge in [-0.2, -0.15) is 0 Å². The van der Waals surface area contributed by atoms with E-state index in [2.05, 4.69) is 9.97 Å². The van der Waals surface area contributed by atoms with Crippen LogP contribution in [0.2, 0.25) is 0 Å². The molecule has 0 amide bonds. The second-order valence-corrected chi connectivity index (χ2v) is 7.31. The Balaban J connectivity index is 1.79. The number of nitrogens with zero attached hydrogens (tertiary/aromatic N) is 4. The summed E-state index contributed by atoms with van der Waals surface area (Å²) in [5.74, 6) is 0. The van der Waals surface area contributed by atoms with E-state index >= 15 is 0 Å². The van der Waals surface area contributed by atoms with E-state index in [0.29, 0.717) is 18.9 Å². The van der Waals surface area contributed by atoms with Crippen LogP contribution in [0.15, 0.2) is 53.6 Å². The molecule has 0 bridgehead atoms. The fraction of sp³-hybridized carbons (Fsp3) is 0.318. The molecule has 3 aromatic heterocycles. The van der Waals surface area contributed by atoms with Gasteiger partial charge in [0.1, 0.15) is 0 Å². The molecule has 0 aliphatic carbocycles. The molecular weight excluding hydrogens is 368 g/mol. The Bertz CT molecular complexity index is 1220. The monoisotopic (exact) mass is 390 g/mol. The Kier molecular flexibility index (Phi) is 4.61. The number of methoxy groups -OCH3 is 1. The van der Waals surface area contributed by atoms with Gasteiger partial charge in [0.25, 0.3) is 0 Å². The van der Waals surface area contributed by atoms with E-state index < -0.39 is 0 Å². The van der Waals surface area contributed by atoms with E-state index in [1.54, 1.807) is 24.1 Å². The first-order valence-electron chi connectivity index (χ1n) is 9.80. The van der Waals surface area contributed by atoms with Crippen molar-refractivity contribution in [3.05, 3.63) is 65.0 Å². The molecular formula is C22H22N4O3. The molecule has 5 rings (SSSR count). The second-order valence-electron chi connectivity index (χ2n) is 7.31. The largest absolute Gasteiger partial charge is 0.379 e.